The van der Waals surface area contributed by atoms with Gasteiger partial charge in [-0.3, -0.25) is 58.1 Å². The third kappa shape index (κ3) is 20.7. The van der Waals surface area contributed by atoms with Crippen LogP contribution >= 0.6 is 0 Å². The van der Waals surface area contributed by atoms with Gasteiger partial charge in [-0.15, -0.1) is 0 Å². The summed E-state index contributed by atoms with van der Waals surface area (Å²) in [5.41, 5.74) is 6.39. The first-order chi connectivity index (χ1) is 37.8. The first-order valence-corrected chi connectivity index (χ1v) is 26.6. The van der Waals surface area contributed by atoms with Crippen LogP contribution in [-0.2, 0) is 65.6 Å². The summed E-state index contributed by atoms with van der Waals surface area (Å²) in [7, 11) is 1.37. The Morgan fingerprint density at radius 1 is 0.675 bits per heavy atom. The highest BCUT2D eigenvalue weighted by Crippen LogP contribution is 2.24. The van der Waals surface area contributed by atoms with E-state index >= 15 is 0 Å². The molecule has 438 valence electrons. The molecule has 2 saturated heterocycles. The lowest BCUT2D eigenvalue weighted by atomic mass is 10.0. The molecule has 0 bridgehead atoms. The zero-order valence-electron chi connectivity index (χ0n) is 45.7. The Labute approximate surface area is 463 Å². The number of rotatable bonds is 17. The van der Waals surface area contributed by atoms with Gasteiger partial charge < -0.3 is 78.7 Å². The number of aliphatic carboxylic acids is 1. The number of benzene rings is 2. The van der Waals surface area contributed by atoms with Crippen LogP contribution in [0, 0.1) is 11.3 Å². The number of guanidine groups is 1. The Bertz CT molecular complexity index is 2550. The lowest BCUT2D eigenvalue weighted by Crippen LogP contribution is -2.60. The predicted molar refractivity (Wildman–Crippen MR) is 289 cm³/mol. The number of carbonyl (C=O) groups is 11. The van der Waals surface area contributed by atoms with Crippen molar-refractivity contribution in [3.63, 3.8) is 0 Å². The molecule has 80 heavy (non-hydrogen) atoms. The number of phenols is 2. The van der Waals surface area contributed by atoms with Crippen LogP contribution in [0.15, 0.2) is 48.5 Å². The van der Waals surface area contributed by atoms with Crippen molar-refractivity contribution in [2.45, 2.75) is 147 Å². The Morgan fingerprint density at radius 3 is 1.81 bits per heavy atom. The van der Waals surface area contributed by atoms with Crippen LogP contribution < -0.4 is 53.6 Å². The van der Waals surface area contributed by atoms with E-state index in [-0.39, 0.29) is 100 Å². The van der Waals surface area contributed by atoms with Gasteiger partial charge in [0.2, 0.25) is 59.1 Å². The smallest absolute Gasteiger partial charge is 0.305 e. The molecule has 0 aliphatic carbocycles. The van der Waals surface area contributed by atoms with Crippen molar-refractivity contribution in [1.29, 1.82) is 5.41 Å². The SMILES string of the molecule is CC(=O)NCCCC[C@H]1C(=O)N[C@@H](Cc2ccc(O)cc2)C(=O)N[C@@H](CCCNC(=N)N)C(=O)NCC(=O)N[C@@H](CC(=O)O)C(=O)N[C@@H](CC(C)C)C(=O)N[C@@H](C)C(=O)N[C@@H](Cc2ccc(O)cc2)C(=O)N2CCC[C@@H]2C(=O)N1C. The van der Waals surface area contributed by atoms with Gasteiger partial charge in [-0.05, 0) is 99.6 Å². The van der Waals surface area contributed by atoms with Crippen LogP contribution in [0.5, 0.6) is 11.5 Å². The molecule has 4 rings (SSSR count). The molecule has 2 heterocycles. The van der Waals surface area contributed by atoms with E-state index in [2.05, 4.69) is 47.9 Å². The number of aromatic hydroxyl groups is 2. The number of hydrogen-bond acceptors (Lipinski definition) is 14. The molecule has 0 radical (unpaired) electrons. The first-order valence-electron chi connectivity index (χ1n) is 26.6. The van der Waals surface area contributed by atoms with E-state index in [1.807, 2.05) is 0 Å². The van der Waals surface area contributed by atoms with Crippen molar-refractivity contribution in [1.82, 2.24) is 57.7 Å². The number of nitrogens with two attached hydrogens (primary N) is 1. The van der Waals surface area contributed by atoms with Crippen molar-refractivity contribution in [2.24, 2.45) is 11.7 Å². The average molecular weight is 1120 g/mol. The molecule has 15 N–H and O–H groups in total. The summed E-state index contributed by atoms with van der Waals surface area (Å²) < 4.78 is 0. The molecule has 8 atom stereocenters. The minimum atomic E-state index is -1.80. The number of fused-ring (bicyclic) bond motifs is 1. The standard InChI is InChI=1S/C53H77N13O14/c1-29(2)24-37-47(75)59-30(3)45(73)64-40(26-33-15-19-35(69)20-16-33)51(79)66-23-9-12-42(66)52(80)65(5)41(11-6-7-21-56-31(4)67)50(78)63-38(25-32-13-17-34(68)18-14-32)48(76)61-36(10-8-22-57-53(54)55)46(74)58-28-43(70)60-39(27-44(71)72)49(77)62-37/h13-20,29-30,36-42,68-69H,6-12,21-28H2,1-5H3,(H,56,67)(H,58,74)(H,59,75)(H,60,70)(H,61,76)(H,62,77)(H,63,78)(H,64,73)(H,71,72)(H4,54,55,57)/t30-,36-,37-,38-,39-,40-,41-,42+/m0/s1. The summed E-state index contributed by atoms with van der Waals surface area (Å²) in [5.74, 6) is -10.5. The number of hydrogen-bond donors (Lipinski definition) is 14. The number of carboxylic acid groups (broad SMARTS) is 1. The second-order valence-electron chi connectivity index (χ2n) is 20.4. The van der Waals surface area contributed by atoms with E-state index < -0.39 is 120 Å². The number of carboxylic acids is 1. The van der Waals surface area contributed by atoms with Crippen LogP contribution in [0.3, 0.4) is 0 Å². The van der Waals surface area contributed by atoms with Gasteiger partial charge >= 0.3 is 5.97 Å². The van der Waals surface area contributed by atoms with E-state index in [0.717, 1.165) is 0 Å². The molecule has 0 spiro atoms. The van der Waals surface area contributed by atoms with E-state index in [1.165, 1.54) is 79.2 Å². The van der Waals surface area contributed by atoms with Gasteiger partial charge in [0.1, 0.15) is 59.8 Å². The highest BCUT2D eigenvalue weighted by Gasteiger charge is 2.42. The van der Waals surface area contributed by atoms with Crippen molar-refractivity contribution in [3.05, 3.63) is 59.7 Å². The van der Waals surface area contributed by atoms with Crippen LogP contribution in [-0.4, -0.2) is 178 Å². The molecule has 10 amide bonds. The third-order valence-electron chi connectivity index (χ3n) is 13.4. The summed E-state index contributed by atoms with van der Waals surface area (Å²) in [4.78, 5) is 154. The molecule has 2 fully saturated rings. The molecule has 27 nitrogen and oxygen atoms in total. The second kappa shape index (κ2) is 31.2. The van der Waals surface area contributed by atoms with Gasteiger partial charge in [0.05, 0.1) is 13.0 Å². The summed E-state index contributed by atoms with van der Waals surface area (Å²) in [6.45, 7) is 5.63. The molecule has 27 heteroatoms. The third-order valence-corrected chi connectivity index (χ3v) is 13.4. The summed E-state index contributed by atoms with van der Waals surface area (Å²) in [5, 5.41) is 60.4. The number of nitrogens with zero attached hydrogens (tertiary/aromatic N) is 2. The normalized spacial score (nSPS) is 23.5. The number of amides is 10. The maximum absolute atomic E-state index is 14.9. The lowest BCUT2D eigenvalue weighted by Gasteiger charge is -2.35. The number of unbranched alkanes of at least 4 members (excludes halogenated alkanes) is 1. The Kier molecular flexibility index (Phi) is 24.9. The fraction of sp³-hybridized carbons (Fsp3) is 0.547. The topological polar surface area (TPSA) is 413 Å². The maximum Gasteiger partial charge on any atom is 0.305 e. The summed E-state index contributed by atoms with van der Waals surface area (Å²) in [6.07, 6.45) is -0.276. The van der Waals surface area contributed by atoms with Gasteiger partial charge in [0.25, 0.3) is 0 Å². The number of phenolic OH excluding ortho intramolecular Hbond substituents is 2. The average Bonchev–Trinajstić information content (AvgIpc) is 3.90. The molecule has 2 aromatic carbocycles. The predicted octanol–water partition coefficient (Wildman–Crippen LogP) is -2.15. The number of nitrogens with one attached hydrogen (secondary N) is 10. The van der Waals surface area contributed by atoms with Crippen molar-refractivity contribution in [2.75, 3.05) is 33.2 Å². The number of carbonyl (C=O) groups excluding carboxylic acids is 10. The summed E-state index contributed by atoms with van der Waals surface area (Å²) in [6, 6.07) is 0.198. The van der Waals surface area contributed by atoms with Gasteiger partial charge in [-0.25, -0.2) is 0 Å². The fourth-order valence-corrected chi connectivity index (χ4v) is 9.16. The van der Waals surface area contributed by atoms with Gasteiger partial charge in [-0.2, -0.15) is 0 Å². The molecular formula is C53H77N13O14. The van der Waals surface area contributed by atoms with Crippen molar-refractivity contribution >= 4 is 71.0 Å². The van der Waals surface area contributed by atoms with Gasteiger partial charge in [0, 0.05) is 46.4 Å². The number of likely N-dealkylation sites (N-methyl/N-ethyl adjacent to an activating group) is 1. The molecule has 2 aromatic rings. The molecule has 2 aliphatic rings. The van der Waals surface area contributed by atoms with Gasteiger partial charge in [-0.1, -0.05) is 38.1 Å². The van der Waals surface area contributed by atoms with Crippen molar-refractivity contribution in [3.8, 4) is 11.5 Å². The van der Waals surface area contributed by atoms with E-state index in [4.69, 9.17) is 11.1 Å². The second-order valence-corrected chi connectivity index (χ2v) is 20.4. The molecular weight excluding hydrogens is 1040 g/mol. The fourth-order valence-electron chi connectivity index (χ4n) is 9.16. The largest absolute Gasteiger partial charge is 0.508 e. The highest BCUT2D eigenvalue weighted by molar-refractivity contribution is 5.99. The lowest BCUT2D eigenvalue weighted by molar-refractivity contribution is -0.148. The van der Waals surface area contributed by atoms with E-state index in [9.17, 15) is 68.1 Å². The minimum absolute atomic E-state index is 0.00623. The monoisotopic (exact) mass is 1120 g/mol. The highest BCUT2D eigenvalue weighted by atomic mass is 16.4. The Hall–Kier alpha value is -8.52. The molecule has 0 unspecified atom stereocenters. The molecule has 2 aliphatic heterocycles. The van der Waals surface area contributed by atoms with Crippen LogP contribution in [0.4, 0.5) is 0 Å². The van der Waals surface area contributed by atoms with Crippen LogP contribution in [0.1, 0.15) is 96.6 Å². The zero-order valence-corrected chi connectivity index (χ0v) is 45.7. The maximum atomic E-state index is 14.9. The first kappa shape index (κ1) is 64.0. The minimum Gasteiger partial charge on any atom is -0.508 e. The van der Waals surface area contributed by atoms with Crippen molar-refractivity contribution < 1.29 is 68.1 Å². The van der Waals surface area contributed by atoms with Crippen LogP contribution in [0.25, 0.3) is 0 Å². The van der Waals surface area contributed by atoms with Crippen LogP contribution in [0.2, 0.25) is 0 Å². The Morgan fingerprint density at radius 2 is 1.23 bits per heavy atom. The zero-order chi connectivity index (χ0) is 59.2. The van der Waals surface area contributed by atoms with E-state index in [1.54, 1.807) is 13.8 Å². The summed E-state index contributed by atoms with van der Waals surface area (Å²) >= 11 is 0. The molecule has 0 aromatic heterocycles. The van der Waals surface area contributed by atoms with E-state index in [0.29, 0.717) is 24.0 Å². The van der Waals surface area contributed by atoms with Gasteiger partial charge in [0.15, 0.2) is 5.96 Å². The quantitative estimate of drug-likeness (QED) is 0.0456. The molecule has 0 saturated carbocycles. The Balaban J connectivity index is 1.84.